The monoisotopic (exact) mass is 1250 g/mol. The van der Waals surface area contributed by atoms with Gasteiger partial charge in [0.15, 0.2) is 6.29 Å². The van der Waals surface area contributed by atoms with Crippen molar-refractivity contribution < 1.29 is 49.3 Å². The lowest BCUT2D eigenvalue weighted by Gasteiger charge is -2.40. The van der Waals surface area contributed by atoms with E-state index in [0.717, 1.165) is 51.4 Å². The first kappa shape index (κ1) is 84.2. The van der Waals surface area contributed by atoms with Gasteiger partial charge in [-0.25, -0.2) is 0 Å². The summed E-state index contributed by atoms with van der Waals surface area (Å²) in [5.74, 6) is -0.163. The highest BCUT2D eigenvalue weighted by Gasteiger charge is 2.44. The fourth-order valence-electron chi connectivity index (χ4n) is 12.5. The average Bonchev–Trinajstić information content (AvgIpc) is 3.58. The highest BCUT2D eigenvalue weighted by Crippen LogP contribution is 2.24. The smallest absolute Gasteiger partial charge is 0.305 e. The maximum Gasteiger partial charge on any atom is 0.305 e. The van der Waals surface area contributed by atoms with Crippen LogP contribution in [-0.4, -0.2) is 100 Å². The third kappa shape index (κ3) is 54.7. The van der Waals surface area contributed by atoms with Gasteiger partial charge in [0.25, 0.3) is 0 Å². The molecule has 0 bridgehead atoms. The Morgan fingerprint density at radius 1 is 0.409 bits per heavy atom. The van der Waals surface area contributed by atoms with Crippen LogP contribution in [-0.2, 0) is 23.8 Å². The Labute approximate surface area is 543 Å². The van der Waals surface area contributed by atoms with E-state index < -0.39 is 49.5 Å². The number of aliphatic hydroxyl groups is 5. The highest BCUT2D eigenvalue weighted by atomic mass is 16.7. The van der Waals surface area contributed by atoms with Crippen molar-refractivity contribution in [3.05, 3.63) is 24.3 Å². The lowest BCUT2D eigenvalue weighted by atomic mass is 9.99. The molecule has 11 nitrogen and oxygen atoms in total. The van der Waals surface area contributed by atoms with Gasteiger partial charge in [0.2, 0.25) is 5.91 Å². The van der Waals surface area contributed by atoms with Crippen LogP contribution in [0, 0.1) is 0 Å². The molecule has 7 atom stereocenters. The Bertz CT molecular complexity index is 1510. The standard InChI is InChI=1S/C77H147NO10/c1-3-5-7-9-11-13-14-15-16-17-32-36-39-42-45-49-53-57-61-65-73(82)86-66-62-58-54-50-46-43-40-37-34-31-29-27-25-23-21-19-18-20-22-24-26-28-30-33-35-38-41-44-48-52-56-60-64-72(81)78-69(70(80)63-59-55-51-47-12-10-8-6-4-2)68-87-77-76(85)75(84)74(83)71(67-79)88-77/h21,23,59,63,69-71,74-77,79-80,83-85H,3-20,22,24-58,60-62,64-68H2,1-2H3,(H,78,81)/b23-21-,63-59+. The minimum Gasteiger partial charge on any atom is -0.466 e. The largest absolute Gasteiger partial charge is 0.466 e. The normalized spacial score (nSPS) is 17.8. The van der Waals surface area contributed by atoms with E-state index in [4.69, 9.17) is 14.2 Å². The predicted octanol–water partition coefficient (Wildman–Crippen LogP) is 20.4. The number of esters is 1. The van der Waals surface area contributed by atoms with Crippen molar-refractivity contribution in [1.82, 2.24) is 5.32 Å². The lowest BCUT2D eigenvalue weighted by Crippen LogP contribution is -2.60. The van der Waals surface area contributed by atoms with Gasteiger partial charge in [0.05, 0.1) is 32.0 Å². The van der Waals surface area contributed by atoms with E-state index in [1.807, 2.05) is 6.08 Å². The Kier molecular flexibility index (Phi) is 63.7. The van der Waals surface area contributed by atoms with Crippen molar-refractivity contribution in [3.8, 4) is 0 Å². The molecule has 0 saturated carbocycles. The van der Waals surface area contributed by atoms with Crippen LogP contribution in [0.15, 0.2) is 24.3 Å². The molecule has 1 aliphatic rings. The summed E-state index contributed by atoms with van der Waals surface area (Å²) in [5, 5.41) is 54.3. The highest BCUT2D eigenvalue weighted by molar-refractivity contribution is 5.76. The summed E-state index contributed by atoms with van der Waals surface area (Å²) in [4.78, 5) is 25.2. The van der Waals surface area contributed by atoms with Gasteiger partial charge in [0.1, 0.15) is 24.4 Å². The third-order valence-electron chi connectivity index (χ3n) is 18.6. The number of nitrogens with one attached hydrogen (secondary N) is 1. The summed E-state index contributed by atoms with van der Waals surface area (Å²) in [6.07, 6.45) is 75.0. The van der Waals surface area contributed by atoms with Crippen molar-refractivity contribution in [1.29, 1.82) is 0 Å². The molecule has 0 aliphatic carbocycles. The maximum atomic E-state index is 13.0. The van der Waals surface area contributed by atoms with Gasteiger partial charge in [0, 0.05) is 12.8 Å². The zero-order valence-corrected chi connectivity index (χ0v) is 58.0. The number of aliphatic hydroxyl groups excluding tert-OH is 5. The second-order valence-corrected chi connectivity index (χ2v) is 27.1. The fourth-order valence-corrected chi connectivity index (χ4v) is 12.5. The maximum absolute atomic E-state index is 13.0. The topological polar surface area (TPSA) is 175 Å². The number of hydrogen-bond donors (Lipinski definition) is 6. The number of unbranched alkanes of at least 4 members (excludes halogenated alkanes) is 53. The number of carbonyl (C=O) groups excluding carboxylic acids is 2. The van der Waals surface area contributed by atoms with Crippen LogP contribution in [0.25, 0.3) is 0 Å². The molecular formula is C77H147NO10. The van der Waals surface area contributed by atoms with Crippen LogP contribution < -0.4 is 5.32 Å². The Morgan fingerprint density at radius 2 is 0.727 bits per heavy atom. The third-order valence-corrected chi connectivity index (χ3v) is 18.6. The van der Waals surface area contributed by atoms with E-state index in [0.29, 0.717) is 19.4 Å². The molecule has 6 N–H and O–H groups in total. The molecule has 1 aliphatic heterocycles. The van der Waals surface area contributed by atoms with Crippen LogP contribution in [0.2, 0.25) is 0 Å². The molecule has 520 valence electrons. The van der Waals surface area contributed by atoms with Gasteiger partial charge in [-0.1, -0.05) is 346 Å². The van der Waals surface area contributed by atoms with Crippen LogP contribution in [0.3, 0.4) is 0 Å². The minimum absolute atomic E-state index is 0.0162. The Hall–Kier alpha value is -1.86. The number of ether oxygens (including phenoxy) is 3. The van der Waals surface area contributed by atoms with Gasteiger partial charge in [-0.2, -0.15) is 0 Å². The molecule has 1 heterocycles. The van der Waals surface area contributed by atoms with E-state index in [-0.39, 0.29) is 18.5 Å². The van der Waals surface area contributed by atoms with Crippen LogP contribution in [0.1, 0.15) is 393 Å². The fraction of sp³-hybridized carbons (Fsp3) is 0.922. The molecule has 88 heavy (non-hydrogen) atoms. The van der Waals surface area contributed by atoms with E-state index in [1.54, 1.807) is 6.08 Å². The first-order valence-electron chi connectivity index (χ1n) is 38.6. The Morgan fingerprint density at radius 3 is 1.09 bits per heavy atom. The van der Waals surface area contributed by atoms with E-state index >= 15 is 0 Å². The van der Waals surface area contributed by atoms with Crippen molar-refractivity contribution in [3.63, 3.8) is 0 Å². The first-order chi connectivity index (χ1) is 43.2. The zero-order valence-electron chi connectivity index (χ0n) is 58.0. The SMILES string of the molecule is CCCCCCCCC/C=C/C(O)C(COC1OC(CO)C(O)C(O)C1O)NC(=O)CCCCCCCCCCCCCCCCCC/C=C\CCCCCCCCCCCCCCOC(=O)CCCCCCCCCCCCCCCCCCCCC. The zero-order chi connectivity index (χ0) is 63.7. The van der Waals surface area contributed by atoms with Gasteiger partial charge >= 0.3 is 5.97 Å². The molecule has 0 aromatic heterocycles. The van der Waals surface area contributed by atoms with Crippen molar-refractivity contribution in [2.75, 3.05) is 19.8 Å². The van der Waals surface area contributed by atoms with Crippen LogP contribution in [0.5, 0.6) is 0 Å². The lowest BCUT2D eigenvalue weighted by molar-refractivity contribution is -0.302. The molecule has 0 radical (unpaired) electrons. The predicted molar refractivity (Wildman–Crippen MR) is 371 cm³/mol. The molecule has 1 rings (SSSR count). The molecule has 1 amide bonds. The Balaban J connectivity index is 1.87. The van der Waals surface area contributed by atoms with E-state index in [1.165, 1.54) is 315 Å². The number of carbonyl (C=O) groups is 2. The number of amides is 1. The second kappa shape index (κ2) is 66.6. The molecule has 0 aromatic carbocycles. The molecule has 1 saturated heterocycles. The first-order valence-corrected chi connectivity index (χ1v) is 38.6. The van der Waals surface area contributed by atoms with E-state index in [9.17, 15) is 35.1 Å². The molecule has 11 heteroatoms. The second-order valence-electron chi connectivity index (χ2n) is 27.1. The molecular weight excluding hydrogens is 1100 g/mol. The molecule has 7 unspecified atom stereocenters. The number of allylic oxidation sites excluding steroid dienone is 3. The van der Waals surface area contributed by atoms with Gasteiger partial charge in [-0.3, -0.25) is 9.59 Å². The quantitative estimate of drug-likeness (QED) is 0.0195. The van der Waals surface area contributed by atoms with Gasteiger partial charge in [-0.05, 0) is 57.8 Å². The minimum atomic E-state index is -1.57. The summed E-state index contributed by atoms with van der Waals surface area (Å²) < 4.78 is 16.7. The molecule has 1 fully saturated rings. The number of rotatable bonds is 69. The van der Waals surface area contributed by atoms with Gasteiger partial charge in [-0.15, -0.1) is 0 Å². The van der Waals surface area contributed by atoms with Crippen LogP contribution in [0.4, 0.5) is 0 Å². The summed E-state index contributed by atoms with van der Waals surface area (Å²) in [6, 6.07) is -0.806. The molecule has 0 aromatic rings. The van der Waals surface area contributed by atoms with Crippen LogP contribution >= 0.6 is 0 Å². The van der Waals surface area contributed by atoms with Crippen molar-refractivity contribution >= 4 is 11.9 Å². The average molecular weight is 1250 g/mol. The van der Waals surface area contributed by atoms with E-state index in [2.05, 4.69) is 31.3 Å². The summed E-state index contributed by atoms with van der Waals surface area (Å²) >= 11 is 0. The van der Waals surface area contributed by atoms with Crippen molar-refractivity contribution in [2.24, 2.45) is 0 Å². The summed E-state index contributed by atoms with van der Waals surface area (Å²) in [7, 11) is 0. The number of hydrogen-bond acceptors (Lipinski definition) is 10. The van der Waals surface area contributed by atoms with Gasteiger partial charge < -0.3 is 45.1 Å². The molecule has 0 spiro atoms. The summed E-state index contributed by atoms with van der Waals surface area (Å²) in [6.45, 7) is 4.37. The summed E-state index contributed by atoms with van der Waals surface area (Å²) in [5.41, 5.74) is 0. The van der Waals surface area contributed by atoms with Crippen molar-refractivity contribution in [2.45, 2.75) is 436 Å².